The van der Waals surface area contributed by atoms with Gasteiger partial charge in [-0.25, -0.2) is 4.79 Å². The monoisotopic (exact) mass is 385 g/mol. The molecular weight excluding hydrogens is 358 g/mol. The zero-order valence-corrected chi connectivity index (χ0v) is 16.7. The molecule has 0 aromatic heterocycles. The Morgan fingerprint density at radius 3 is 2.11 bits per heavy atom. The van der Waals surface area contributed by atoms with Crippen LogP contribution >= 0.6 is 0 Å². The molecule has 0 fully saturated rings. The summed E-state index contributed by atoms with van der Waals surface area (Å²) in [5.41, 5.74) is 1.32. The van der Waals surface area contributed by atoms with Gasteiger partial charge in [0.15, 0.2) is 6.10 Å². The molecule has 0 saturated heterocycles. The fourth-order valence-corrected chi connectivity index (χ4v) is 2.92. The number of esters is 1. The first kappa shape index (κ1) is 21.3. The Morgan fingerprint density at radius 1 is 0.964 bits per heavy atom. The molecule has 28 heavy (non-hydrogen) atoms. The van der Waals surface area contributed by atoms with Crippen molar-refractivity contribution < 1.29 is 23.8 Å². The molecule has 0 aliphatic carbocycles. The van der Waals surface area contributed by atoms with Crippen LogP contribution in [0, 0.1) is 0 Å². The second kappa shape index (κ2) is 10.3. The smallest absolute Gasteiger partial charge is 0.346 e. The Morgan fingerprint density at radius 2 is 1.57 bits per heavy atom. The third-order valence-corrected chi connectivity index (χ3v) is 4.57. The van der Waals surface area contributed by atoms with Crippen LogP contribution in [0.4, 0.5) is 0 Å². The van der Waals surface area contributed by atoms with E-state index in [0.717, 1.165) is 12.0 Å². The molecule has 0 aliphatic rings. The van der Waals surface area contributed by atoms with Crippen LogP contribution in [0.5, 0.6) is 11.5 Å². The number of rotatable bonds is 9. The summed E-state index contributed by atoms with van der Waals surface area (Å²) in [7, 11) is 2.91. The molecular formula is C22H27NO5. The minimum Gasteiger partial charge on any atom is -0.496 e. The first-order chi connectivity index (χ1) is 13.5. The highest BCUT2D eigenvalue weighted by molar-refractivity contribution is 5.97. The maximum Gasteiger partial charge on any atom is 0.346 e. The summed E-state index contributed by atoms with van der Waals surface area (Å²) < 4.78 is 15.8. The van der Waals surface area contributed by atoms with Gasteiger partial charge in [0, 0.05) is 12.5 Å². The minimum atomic E-state index is -0.949. The summed E-state index contributed by atoms with van der Waals surface area (Å²) in [6.45, 7) is 4.08. The van der Waals surface area contributed by atoms with Gasteiger partial charge in [0.25, 0.3) is 5.91 Å². The quantitative estimate of drug-likeness (QED) is 0.668. The fourth-order valence-electron chi connectivity index (χ4n) is 2.92. The molecule has 0 unspecified atom stereocenters. The second-order valence-electron chi connectivity index (χ2n) is 6.35. The molecule has 6 nitrogen and oxygen atoms in total. The number of carbonyl (C=O) groups excluding carboxylic acids is 2. The van der Waals surface area contributed by atoms with E-state index >= 15 is 0 Å². The van der Waals surface area contributed by atoms with E-state index < -0.39 is 12.1 Å². The molecule has 1 N–H and O–H groups in total. The van der Waals surface area contributed by atoms with E-state index in [2.05, 4.69) is 12.2 Å². The van der Waals surface area contributed by atoms with E-state index in [1.54, 1.807) is 25.1 Å². The van der Waals surface area contributed by atoms with E-state index in [1.807, 2.05) is 30.3 Å². The summed E-state index contributed by atoms with van der Waals surface area (Å²) in [6.07, 6.45) is -0.0629. The zero-order chi connectivity index (χ0) is 20.5. The van der Waals surface area contributed by atoms with Crippen LogP contribution in [0.2, 0.25) is 0 Å². The van der Waals surface area contributed by atoms with Crippen molar-refractivity contribution >= 4 is 11.9 Å². The van der Waals surface area contributed by atoms with Crippen LogP contribution in [-0.4, -0.2) is 38.7 Å². The van der Waals surface area contributed by atoms with Gasteiger partial charge in [0.1, 0.15) is 17.1 Å². The first-order valence-electron chi connectivity index (χ1n) is 9.26. The van der Waals surface area contributed by atoms with Gasteiger partial charge in [-0.1, -0.05) is 43.3 Å². The molecule has 0 bridgehead atoms. The molecule has 6 heteroatoms. The molecule has 2 aromatic carbocycles. The van der Waals surface area contributed by atoms with Crippen LogP contribution in [0.15, 0.2) is 48.5 Å². The average Bonchev–Trinajstić information content (AvgIpc) is 2.73. The molecule has 150 valence electrons. The first-order valence-corrected chi connectivity index (χ1v) is 9.26. The Bertz CT molecular complexity index is 769. The van der Waals surface area contributed by atoms with E-state index in [1.165, 1.54) is 14.2 Å². The number of hydrogen-bond acceptors (Lipinski definition) is 5. The third-order valence-electron chi connectivity index (χ3n) is 4.57. The summed E-state index contributed by atoms with van der Waals surface area (Å²) >= 11 is 0. The van der Waals surface area contributed by atoms with E-state index in [0.29, 0.717) is 18.0 Å². The lowest BCUT2D eigenvalue weighted by atomic mass is 9.96. The molecule has 0 aliphatic heterocycles. The number of ether oxygens (including phenoxy) is 3. The average molecular weight is 385 g/mol. The number of benzene rings is 2. The lowest BCUT2D eigenvalue weighted by Gasteiger charge is -2.19. The molecule has 0 radical (unpaired) electrons. The number of carbonyl (C=O) groups is 2. The highest BCUT2D eigenvalue weighted by Crippen LogP contribution is 2.29. The van der Waals surface area contributed by atoms with Crippen molar-refractivity contribution in [3.63, 3.8) is 0 Å². The van der Waals surface area contributed by atoms with E-state index in [4.69, 9.17) is 14.2 Å². The molecule has 2 atom stereocenters. The molecule has 2 aromatic rings. The lowest BCUT2D eigenvalue weighted by Crippen LogP contribution is -2.38. The van der Waals surface area contributed by atoms with Gasteiger partial charge in [-0.05, 0) is 31.0 Å². The second-order valence-corrected chi connectivity index (χ2v) is 6.35. The van der Waals surface area contributed by atoms with Crippen LogP contribution < -0.4 is 14.8 Å². The highest BCUT2D eigenvalue weighted by atomic mass is 16.6. The summed E-state index contributed by atoms with van der Waals surface area (Å²) in [5.74, 6) is -0.176. The summed E-state index contributed by atoms with van der Waals surface area (Å²) in [6, 6.07) is 15.0. The molecule has 2 rings (SSSR count). The van der Waals surface area contributed by atoms with Crippen molar-refractivity contribution in [3.8, 4) is 11.5 Å². The summed E-state index contributed by atoms with van der Waals surface area (Å²) in [4.78, 5) is 25.0. The highest BCUT2D eigenvalue weighted by Gasteiger charge is 2.25. The van der Waals surface area contributed by atoms with E-state index in [-0.39, 0.29) is 17.4 Å². The van der Waals surface area contributed by atoms with Crippen LogP contribution in [-0.2, 0) is 9.53 Å². The Hall–Kier alpha value is -3.02. The SMILES string of the molecule is CC[C@@H](CNC(=O)[C@H](C)OC(=O)c1c(OC)cccc1OC)c1ccccc1. The third kappa shape index (κ3) is 5.25. The molecule has 0 spiro atoms. The van der Waals surface area contributed by atoms with E-state index in [9.17, 15) is 9.59 Å². The summed E-state index contributed by atoms with van der Waals surface area (Å²) in [5, 5.41) is 2.87. The lowest BCUT2D eigenvalue weighted by molar-refractivity contribution is -0.129. The number of hydrogen-bond donors (Lipinski definition) is 1. The zero-order valence-electron chi connectivity index (χ0n) is 16.7. The van der Waals surface area contributed by atoms with Gasteiger partial charge >= 0.3 is 5.97 Å². The molecule has 0 heterocycles. The number of amides is 1. The predicted octanol–water partition coefficient (Wildman–Crippen LogP) is 3.56. The standard InChI is InChI=1S/C22H27NO5/c1-5-16(17-10-7-6-8-11-17)14-23-21(24)15(2)28-22(25)20-18(26-3)12-9-13-19(20)27-4/h6-13,15-16H,5,14H2,1-4H3,(H,23,24)/t15-,16-/m0/s1. The van der Waals surface area contributed by atoms with Crippen molar-refractivity contribution in [1.82, 2.24) is 5.32 Å². The van der Waals surface area contributed by atoms with Gasteiger partial charge in [-0.2, -0.15) is 0 Å². The minimum absolute atomic E-state index is 0.155. The van der Waals surface area contributed by atoms with Gasteiger partial charge < -0.3 is 19.5 Å². The fraction of sp³-hybridized carbons (Fsp3) is 0.364. The van der Waals surface area contributed by atoms with Crippen molar-refractivity contribution in [1.29, 1.82) is 0 Å². The predicted molar refractivity (Wildman–Crippen MR) is 107 cm³/mol. The topological polar surface area (TPSA) is 73.9 Å². The van der Waals surface area contributed by atoms with Gasteiger partial charge in [-0.3, -0.25) is 4.79 Å². The maximum absolute atomic E-state index is 12.6. The van der Waals surface area contributed by atoms with Crippen molar-refractivity contribution in [2.24, 2.45) is 0 Å². The number of nitrogens with one attached hydrogen (secondary N) is 1. The van der Waals surface area contributed by atoms with Gasteiger partial charge in [0.05, 0.1) is 14.2 Å². The maximum atomic E-state index is 12.6. The Labute approximate surface area is 165 Å². The van der Waals surface area contributed by atoms with Crippen molar-refractivity contribution in [2.75, 3.05) is 20.8 Å². The van der Waals surface area contributed by atoms with Crippen LogP contribution in [0.1, 0.15) is 42.1 Å². The molecule has 0 saturated carbocycles. The van der Waals surface area contributed by atoms with Crippen molar-refractivity contribution in [2.45, 2.75) is 32.3 Å². The van der Waals surface area contributed by atoms with Crippen molar-refractivity contribution in [3.05, 3.63) is 59.7 Å². The van der Waals surface area contributed by atoms with Gasteiger partial charge in [0.2, 0.25) is 0 Å². The Kier molecular flexibility index (Phi) is 7.87. The normalized spacial score (nSPS) is 12.6. The molecule has 1 amide bonds. The largest absolute Gasteiger partial charge is 0.496 e. The van der Waals surface area contributed by atoms with Gasteiger partial charge in [-0.15, -0.1) is 0 Å². The van der Waals surface area contributed by atoms with Crippen LogP contribution in [0.25, 0.3) is 0 Å². The Balaban J connectivity index is 2.00. The van der Waals surface area contributed by atoms with Crippen LogP contribution in [0.3, 0.4) is 0 Å². The number of methoxy groups -OCH3 is 2.